The highest BCUT2D eigenvalue weighted by molar-refractivity contribution is 7.11. The lowest BCUT2D eigenvalue weighted by molar-refractivity contribution is 0.120. The number of aliphatic hydroxyl groups is 1. The number of rotatable bonds is 3. The lowest BCUT2D eigenvalue weighted by Gasteiger charge is -2.27. The normalized spacial score (nSPS) is 19.4. The molecular weight excluding hydrogens is 194 g/mol. The molecule has 3 heteroatoms. The van der Waals surface area contributed by atoms with Crippen molar-refractivity contribution in [1.82, 2.24) is 4.98 Å². The Morgan fingerprint density at radius 3 is 2.64 bits per heavy atom. The highest BCUT2D eigenvalue weighted by atomic mass is 32.1. The summed E-state index contributed by atoms with van der Waals surface area (Å²) in [5, 5.41) is 11.1. The monoisotopic (exact) mass is 211 g/mol. The predicted octanol–water partition coefficient (Wildman–Crippen LogP) is 2.98. The Morgan fingerprint density at radius 1 is 1.50 bits per heavy atom. The Balaban J connectivity index is 2.02. The zero-order valence-electron chi connectivity index (χ0n) is 8.79. The van der Waals surface area contributed by atoms with Crippen LogP contribution in [0.15, 0.2) is 0 Å². The van der Waals surface area contributed by atoms with Crippen LogP contribution in [0.5, 0.6) is 0 Å². The van der Waals surface area contributed by atoms with Gasteiger partial charge in [-0.25, -0.2) is 4.98 Å². The first-order valence-corrected chi connectivity index (χ1v) is 6.10. The first-order chi connectivity index (χ1) is 6.66. The molecule has 1 aromatic heterocycles. The Hall–Kier alpha value is -0.410. The van der Waals surface area contributed by atoms with E-state index >= 15 is 0 Å². The molecule has 1 N–H and O–H groups in total. The van der Waals surface area contributed by atoms with Crippen molar-refractivity contribution in [3.63, 3.8) is 0 Å². The van der Waals surface area contributed by atoms with E-state index in [0.29, 0.717) is 0 Å². The molecule has 2 rings (SSSR count). The molecule has 1 saturated carbocycles. The Bertz CT molecular complexity index is 317. The van der Waals surface area contributed by atoms with E-state index in [-0.39, 0.29) is 6.10 Å². The molecule has 1 heterocycles. The van der Waals surface area contributed by atoms with Crippen molar-refractivity contribution in [3.05, 3.63) is 15.6 Å². The molecule has 0 bridgehead atoms. The second-order valence-corrected chi connectivity index (χ2v) is 5.47. The second kappa shape index (κ2) is 3.99. The molecule has 1 aliphatic carbocycles. The van der Waals surface area contributed by atoms with Crippen LogP contribution in [-0.2, 0) is 0 Å². The van der Waals surface area contributed by atoms with E-state index in [0.717, 1.165) is 27.9 Å². The molecule has 0 aromatic carbocycles. The minimum atomic E-state index is -0.272. The minimum Gasteiger partial charge on any atom is -0.387 e. The number of hydrogen-bond donors (Lipinski definition) is 1. The molecule has 78 valence electrons. The topological polar surface area (TPSA) is 33.1 Å². The van der Waals surface area contributed by atoms with Gasteiger partial charge >= 0.3 is 0 Å². The van der Waals surface area contributed by atoms with Crippen LogP contribution in [0, 0.1) is 19.8 Å². The van der Waals surface area contributed by atoms with Crippen molar-refractivity contribution in [2.24, 2.45) is 5.92 Å². The maximum atomic E-state index is 10.0. The van der Waals surface area contributed by atoms with E-state index in [2.05, 4.69) is 4.98 Å². The lowest BCUT2D eigenvalue weighted by Crippen LogP contribution is -2.14. The van der Waals surface area contributed by atoms with Crippen LogP contribution < -0.4 is 0 Å². The fraction of sp³-hybridized carbons (Fsp3) is 0.727. The quantitative estimate of drug-likeness (QED) is 0.833. The number of thiazole rings is 1. The summed E-state index contributed by atoms with van der Waals surface area (Å²) in [6, 6.07) is 0. The van der Waals surface area contributed by atoms with Gasteiger partial charge in [-0.2, -0.15) is 0 Å². The van der Waals surface area contributed by atoms with Gasteiger partial charge in [0.1, 0.15) is 0 Å². The smallest absolute Gasteiger partial charge is 0.0903 e. The Kier molecular flexibility index (Phi) is 2.88. The van der Waals surface area contributed by atoms with Gasteiger partial charge in [-0.1, -0.05) is 19.3 Å². The molecule has 1 unspecified atom stereocenters. The van der Waals surface area contributed by atoms with Crippen LogP contribution in [0.2, 0.25) is 0 Å². The highest BCUT2D eigenvalue weighted by Gasteiger charge is 2.23. The van der Waals surface area contributed by atoms with Crippen LogP contribution in [0.4, 0.5) is 0 Å². The maximum absolute atomic E-state index is 10.0. The van der Waals surface area contributed by atoms with E-state index in [1.807, 2.05) is 13.8 Å². The fourth-order valence-corrected chi connectivity index (χ4v) is 2.93. The SMILES string of the molecule is Cc1nc(C)c(C(O)CC2CCC2)s1. The Morgan fingerprint density at radius 2 is 2.21 bits per heavy atom. The molecule has 14 heavy (non-hydrogen) atoms. The summed E-state index contributed by atoms with van der Waals surface area (Å²) >= 11 is 1.64. The van der Waals surface area contributed by atoms with Gasteiger partial charge in [-0.15, -0.1) is 11.3 Å². The Labute approximate surface area is 89.0 Å². The summed E-state index contributed by atoms with van der Waals surface area (Å²) in [6.07, 6.45) is 4.61. The molecule has 1 aliphatic rings. The molecule has 1 fully saturated rings. The van der Waals surface area contributed by atoms with Crippen molar-refractivity contribution in [2.75, 3.05) is 0 Å². The van der Waals surface area contributed by atoms with Crippen LogP contribution in [-0.4, -0.2) is 10.1 Å². The van der Waals surface area contributed by atoms with Crippen LogP contribution in [0.3, 0.4) is 0 Å². The van der Waals surface area contributed by atoms with Gasteiger partial charge in [0.05, 0.1) is 21.7 Å². The van der Waals surface area contributed by atoms with Crippen molar-refractivity contribution in [2.45, 2.75) is 45.6 Å². The van der Waals surface area contributed by atoms with Crippen molar-refractivity contribution < 1.29 is 5.11 Å². The first-order valence-electron chi connectivity index (χ1n) is 5.29. The average Bonchev–Trinajstić information content (AvgIpc) is 2.37. The van der Waals surface area contributed by atoms with Gasteiger partial charge in [0.25, 0.3) is 0 Å². The molecule has 0 amide bonds. The third kappa shape index (κ3) is 1.98. The maximum Gasteiger partial charge on any atom is 0.0903 e. The summed E-state index contributed by atoms with van der Waals surface area (Å²) in [4.78, 5) is 5.42. The van der Waals surface area contributed by atoms with Crippen molar-refractivity contribution in [3.8, 4) is 0 Å². The van der Waals surface area contributed by atoms with E-state index in [1.54, 1.807) is 11.3 Å². The number of nitrogens with zero attached hydrogens (tertiary/aromatic N) is 1. The van der Waals surface area contributed by atoms with Crippen LogP contribution in [0.1, 0.15) is 47.4 Å². The van der Waals surface area contributed by atoms with Gasteiger partial charge in [-0.05, 0) is 26.2 Å². The molecule has 1 aromatic rings. The zero-order chi connectivity index (χ0) is 10.1. The van der Waals surface area contributed by atoms with E-state index < -0.39 is 0 Å². The molecule has 0 radical (unpaired) electrons. The van der Waals surface area contributed by atoms with Crippen molar-refractivity contribution in [1.29, 1.82) is 0 Å². The van der Waals surface area contributed by atoms with Crippen molar-refractivity contribution >= 4 is 11.3 Å². The number of aliphatic hydroxyl groups excluding tert-OH is 1. The van der Waals surface area contributed by atoms with E-state index in [4.69, 9.17) is 0 Å². The zero-order valence-corrected chi connectivity index (χ0v) is 9.60. The van der Waals surface area contributed by atoms with Crippen LogP contribution >= 0.6 is 11.3 Å². The van der Waals surface area contributed by atoms with Crippen LogP contribution in [0.25, 0.3) is 0 Å². The van der Waals surface area contributed by atoms with Gasteiger partial charge in [0.15, 0.2) is 0 Å². The van der Waals surface area contributed by atoms with Gasteiger partial charge < -0.3 is 5.11 Å². The average molecular weight is 211 g/mol. The van der Waals surface area contributed by atoms with Gasteiger partial charge in [0.2, 0.25) is 0 Å². The first kappa shape index (κ1) is 10.1. The summed E-state index contributed by atoms with van der Waals surface area (Å²) in [6.45, 7) is 3.99. The summed E-state index contributed by atoms with van der Waals surface area (Å²) in [5.41, 5.74) is 1.01. The lowest BCUT2D eigenvalue weighted by atomic mass is 9.81. The minimum absolute atomic E-state index is 0.272. The molecule has 2 nitrogen and oxygen atoms in total. The molecule has 0 saturated heterocycles. The van der Waals surface area contributed by atoms with Gasteiger partial charge in [0, 0.05) is 0 Å². The molecule has 0 aliphatic heterocycles. The second-order valence-electron chi connectivity index (χ2n) is 4.23. The number of aryl methyl sites for hydroxylation is 2. The largest absolute Gasteiger partial charge is 0.387 e. The van der Waals surface area contributed by atoms with E-state index in [9.17, 15) is 5.11 Å². The third-order valence-corrected chi connectivity index (χ3v) is 4.20. The predicted molar refractivity (Wildman–Crippen MR) is 58.5 cm³/mol. The third-order valence-electron chi connectivity index (χ3n) is 3.02. The van der Waals surface area contributed by atoms with Gasteiger partial charge in [-0.3, -0.25) is 0 Å². The summed E-state index contributed by atoms with van der Waals surface area (Å²) < 4.78 is 0. The van der Waals surface area contributed by atoms with E-state index in [1.165, 1.54) is 19.3 Å². The molecule has 1 atom stereocenters. The number of hydrogen-bond acceptors (Lipinski definition) is 3. The summed E-state index contributed by atoms with van der Waals surface area (Å²) in [5.74, 6) is 0.756. The summed E-state index contributed by atoms with van der Waals surface area (Å²) in [7, 11) is 0. The fourth-order valence-electron chi connectivity index (χ4n) is 2.01. The standard InChI is InChI=1S/C11H17NOS/c1-7-11(14-8(2)12-7)10(13)6-9-4-3-5-9/h9-10,13H,3-6H2,1-2H3. The molecule has 0 spiro atoms. The number of aromatic nitrogens is 1. The highest BCUT2D eigenvalue weighted by Crippen LogP contribution is 2.36. The molecular formula is C11H17NOS.